The van der Waals surface area contributed by atoms with Crippen LogP contribution in [0.3, 0.4) is 0 Å². The van der Waals surface area contributed by atoms with Crippen LogP contribution in [0.25, 0.3) is 10.9 Å². The van der Waals surface area contributed by atoms with Crippen LogP contribution in [0.2, 0.25) is 0 Å². The van der Waals surface area contributed by atoms with Crippen molar-refractivity contribution in [2.75, 3.05) is 41.3 Å². The zero-order valence-corrected chi connectivity index (χ0v) is 16.9. The quantitative estimate of drug-likeness (QED) is 0.703. The Morgan fingerprint density at radius 2 is 1.41 bits per heavy atom. The minimum atomic E-state index is 0.532. The lowest BCUT2D eigenvalue weighted by molar-refractivity contribution is 0.462. The molecule has 0 amide bonds. The van der Waals surface area contributed by atoms with Crippen LogP contribution in [0, 0.1) is 0 Å². The summed E-state index contributed by atoms with van der Waals surface area (Å²) >= 11 is 0. The highest BCUT2D eigenvalue weighted by Gasteiger charge is 2.22. The maximum Gasteiger partial charge on any atom is 0.228 e. The van der Waals surface area contributed by atoms with E-state index in [1.54, 1.807) is 0 Å². The number of hydrogen-bond donors (Lipinski definition) is 1. The number of fused-ring (bicyclic) bond motifs is 1. The Labute approximate surface area is 172 Å². The van der Waals surface area contributed by atoms with Gasteiger partial charge in [0.05, 0.1) is 5.52 Å². The molecule has 2 aromatic carbocycles. The van der Waals surface area contributed by atoms with Crippen LogP contribution in [-0.2, 0) is 0 Å². The molecule has 0 unspecified atom stereocenters. The highest BCUT2D eigenvalue weighted by molar-refractivity contribution is 5.90. The number of para-hydroxylation sites is 2. The summed E-state index contributed by atoms with van der Waals surface area (Å²) < 4.78 is 0. The van der Waals surface area contributed by atoms with Gasteiger partial charge in [-0.05, 0) is 37.1 Å². The lowest BCUT2D eigenvalue weighted by Gasteiger charge is -2.36. The number of nitrogens with one attached hydrogen (secondary N) is 1. The molecule has 1 saturated carbocycles. The van der Waals surface area contributed by atoms with Gasteiger partial charge in [-0.1, -0.05) is 49.6 Å². The fourth-order valence-corrected chi connectivity index (χ4v) is 4.56. The molecule has 5 nitrogen and oxygen atoms in total. The Morgan fingerprint density at radius 1 is 0.724 bits per heavy atom. The number of benzene rings is 2. The van der Waals surface area contributed by atoms with Crippen molar-refractivity contribution in [1.29, 1.82) is 0 Å². The normalized spacial score (nSPS) is 18.2. The molecular formula is C24H29N5. The van der Waals surface area contributed by atoms with Crippen molar-refractivity contribution in [3.8, 4) is 0 Å². The van der Waals surface area contributed by atoms with E-state index in [9.17, 15) is 0 Å². The Kier molecular flexibility index (Phi) is 5.20. The molecule has 0 spiro atoms. The van der Waals surface area contributed by atoms with E-state index in [0.717, 1.165) is 48.8 Å². The van der Waals surface area contributed by atoms with Crippen LogP contribution >= 0.6 is 0 Å². The van der Waals surface area contributed by atoms with Crippen LogP contribution in [0.15, 0.2) is 54.6 Å². The number of nitrogens with zero attached hydrogens (tertiary/aromatic N) is 4. The van der Waals surface area contributed by atoms with E-state index in [2.05, 4.69) is 69.7 Å². The number of anilines is 3. The second-order valence-electron chi connectivity index (χ2n) is 8.18. The van der Waals surface area contributed by atoms with Gasteiger partial charge in [0.15, 0.2) is 0 Å². The van der Waals surface area contributed by atoms with E-state index in [-0.39, 0.29) is 0 Å². The molecular weight excluding hydrogens is 358 g/mol. The van der Waals surface area contributed by atoms with E-state index >= 15 is 0 Å². The SMILES string of the molecule is c1ccc(N2CCN(c3nc(NC4CCCCC4)c4ccccc4n3)CC2)cc1. The van der Waals surface area contributed by atoms with Gasteiger partial charge in [0, 0.05) is 43.3 Å². The third kappa shape index (κ3) is 4.00. The predicted octanol–water partition coefficient (Wildman–Crippen LogP) is 4.70. The van der Waals surface area contributed by atoms with Gasteiger partial charge in [0.2, 0.25) is 5.95 Å². The molecule has 1 aromatic heterocycles. The van der Waals surface area contributed by atoms with Gasteiger partial charge in [-0.15, -0.1) is 0 Å². The molecule has 1 aliphatic heterocycles. The monoisotopic (exact) mass is 387 g/mol. The molecule has 2 fully saturated rings. The van der Waals surface area contributed by atoms with Gasteiger partial charge in [-0.25, -0.2) is 4.98 Å². The third-order valence-corrected chi connectivity index (χ3v) is 6.22. The zero-order valence-electron chi connectivity index (χ0n) is 16.9. The molecule has 5 heteroatoms. The lowest BCUT2D eigenvalue weighted by atomic mass is 9.95. The number of aromatic nitrogens is 2. The second kappa shape index (κ2) is 8.27. The summed E-state index contributed by atoms with van der Waals surface area (Å²) in [5.41, 5.74) is 2.33. The van der Waals surface area contributed by atoms with E-state index in [1.807, 2.05) is 0 Å². The van der Waals surface area contributed by atoms with Gasteiger partial charge >= 0.3 is 0 Å². The second-order valence-corrected chi connectivity index (χ2v) is 8.18. The molecule has 0 bridgehead atoms. The Hall–Kier alpha value is -2.82. The molecule has 2 aliphatic rings. The Bertz CT molecular complexity index is 944. The predicted molar refractivity (Wildman–Crippen MR) is 121 cm³/mol. The molecule has 150 valence electrons. The van der Waals surface area contributed by atoms with Gasteiger partial charge < -0.3 is 15.1 Å². The largest absolute Gasteiger partial charge is 0.368 e. The molecule has 1 saturated heterocycles. The first-order valence-corrected chi connectivity index (χ1v) is 10.9. The first kappa shape index (κ1) is 18.2. The van der Waals surface area contributed by atoms with Crippen molar-refractivity contribution >= 4 is 28.4 Å². The minimum absolute atomic E-state index is 0.532. The summed E-state index contributed by atoms with van der Waals surface area (Å²) in [6, 6.07) is 19.6. The van der Waals surface area contributed by atoms with Crippen molar-refractivity contribution in [3.63, 3.8) is 0 Å². The fraction of sp³-hybridized carbons (Fsp3) is 0.417. The molecule has 29 heavy (non-hydrogen) atoms. The van der Waals surface area contributed by atoms with Gasteiger partial charge in [-0.3, -0.25) is 0 Å². The van der Waals surface area contributed by atoms with Crippen LogP contribution in [0.1, 0.15) is 32.1 Å². The topological polar surface area (TPSA) is 44.3 Å². The molecule has 2 heterocycles. The molecule has 5 rings (SSSR count). The van der Waals surface area contributed by atoms with Crippen molar-refractivity contribution in [3.05, 3.63) is 54.6 Å². The fourth-order valence-electron chi connectivity index (χ4n) is 4.56. The summed E-state index contributed by atoms with van der Waals surface area (Å²) in [6.07, 6.45) is 6.47. The van der Waals surface area contributed by atoms with E-state index < -0.39 is 0 Å². The zero-order chi connectivity index (χ0) is 19.5. The summed E-state index contributed by atoms with van der Waals surface area (Å²) in [7, 11) is 0. The number of hydrogen-bond acceptors (Lipinski definition) is 5. The summed E-state index contributed by atoms with van der Waals surface area (Å²) in [5.74, 6) is 1.86. The Morgan fingerprint density at radius 3 is 2.21 bits per heavy atom. The molecule has 0 radical (unpaired) electrons. The van der Waals surface area contributed by atoms with E-state index in [1.165, 1.54) is 37.8 Å². The summed E-state index contributed by atoms with van der Waals surface area (Å²) in [6.45, 7) is 3.86. The molecule has 0 atom stereocenters. The molecule has 3 aromatic rings. The lowest BCUT2D eigenvalue weighted by Crippen LogP contribution is -2.47. The van der Waals surface area contributed by atoms with Crippen LogP contribution in [-0.4, -0.2) is 42.2 Å². The maximum atomic E-state index is 5.00. The third-order valence-electron chi connectivity index (χ3n) is 6.22. The van der Waals surface area contributed by atoms with Crippen LogP contribution in [0.4, 0.5) is 17.5 Å². The van der Waals surface area contributed by atoms with Crippen LogP contribution < -0.4 is 15.1 Å². The maximum absolute atomic E-state index is 5.00. The molecule has 1 N–H and O–H groups in total. The highest BCUT2D eigenvalue weighted by Crippen LogP contribution is 2.28. The Balaban J connectivity index is 1.37. The van der Waals surface area contributed by atoms with Crippen molar-refractivity contribution in [2.24, 2.45) is 0 Å². The average molecular weight is 388 g/mol. The van der Waals surface area contributed by atoms with E-state index in [4.69, 9.17) is 9.97 Å². The smallest absolute Gasteiger partial charge is 0.228 e. The number of rotatable bonds is 4. The van der Waals surface area contributed by atoms with Gasteiger partial charge in [0.25, 0.3) is 0 Å². The van der Waals surface area contributed by atoms with Gasteiger partial charge in [0.1, 0.15) is 5.82 Å². The van der Waals surface area contributed by atoms with Crippen molar-refractivity contribution in [1.82, 2.24) is 9.97 Å². The van der Waals surface area contributed by atoms with Gasteiger partial charge in [-0.2, -0.15) is 4.98 Å². The standard InChI is InChI=1S/C24H29N5/c1-3-9-19(10-4-1)25-23-21-13-7-8-14-22(21)26-24(27-23)29-17-15-28(16-18-29)20-11-5-2-6-12-20/h2,5-8,11-14,19H,1,3-4,9-10,15-18H2,(H,25,26,27). The first-order valence-electron chi connectivity index (χ1n) is 10.9. The summed E-state index contributed by atoms with van der Waals surface area (Å²) in [4.78, 5) is 14.7. The number of piperazine rings is 1. The minimum Gasteiger partial charge on any atom is -0.368 e. The summed E-state index contributed by atoms with van der Waals surface area (Å²) in [5, 5.41) is 4.88. The first-order chi connectivity index (χ1) is 14.4. The average Bonchev–Trinajstić information content (AvgIpc) is 2.80. The van der Waals surface area contributed by atoms with E-state index in [0.29, 0.717) is 6.04 Å². The molecule has 1 aliphatic carbocycles. The van der Waals surface area contributed by atoms with Crippen molar-refractivity contribution in [2.45, 2.75) is 38.1 Å². The van der Waals surface area contributed by atoms with Crippen LogP contribution in [0.5, 0.6) is 0 Å². The van der Waals surface area contributed by atoms with Crippen molar-refractivity contribution < 1.29 is 0 Å². The highest BCUT2D eigenvalue weighted by atomic mass is 15.3.